The van der Waals surface area contributed by atoms with Crippen molar-refractivity contribution in [2.75, 3.05) is 13.4 Å². The fraction of sp³-hybridized carbons (Fsp3) is 0.500. The molecule has 0 bridgehead atoms. The lowest BCUT2D eigenvalue weighted by Crippen LogP contribution is -2.08. The summed E-state index contributed by atoms with van der Waals surface area (Å²) in [5.41, 5.74) is 1.13. The third-order valence-corrected chi connectivity index (χ3v) is 4.03. The monoisotopic (exact) mass is 301 g/mol. The van der Waals surface area contributed by atoms with E-state index in [-0.39, 0.29) is 13.4 Å². The smallest absolute Gasteiger partial charge is 0.231 e. The molecule has 116 valence electrons. The Morgan fingerprint density at radius 2 is 2.09 bits per heavy atom. The number of rotatable bonds is 6. The normalized spacial score (nSPS) is 16.2. The van der Waals surface area contributed by atoms with E-state index in [4.69, 9.17) is 19.6 Å². The second kappa shape index (κ2) is 5.61. The van der Waals surface area contributed by atoms with Gasteiger partial charge < -0.3 is 14.6 Å². The van der Waals surface area contributed by atoms with Crippen molar-refractivity contribution in [1.82, 2.24) is 14.8 Å². The van der Waals surface area contributed by atoms with Crippen molar-refractivity contribution in [1.29, 1.82) is 0 Å². The second-order valence-corrected chi connectivity index (χ2v) is 5.83. The van der Waals surface area contributed by atoms with E-state index >= 15 is 0 Å². The van der Waals surface area contributed by atoms with E-state index in [1.165, 1.54) is 12.8 Å². The standard InChI is InChI=1S/C16H19N3O3/c20-7-1-6-19-15(17-16(18-19)12-3-4-12)9-11-2-5-13-14(8-11)22-10-21-13/h2,5,8,12,20H,1,3-4,6-7,9-10H2. The molecule has 0 spiro atoms. The van der Waals surface area contributed by atoms with Crippen LogP contribution < -0.4 is 9.47 Å². The van der Waals surface area contributed by atoms with Crippen LogP contribution in [-0.4, -0.2) is 33.3 Å². The van der Waals surface area contributed by atoms with Crippen LogP contribution in [0, 0.1) is 0 Å². The van der Waals surface area contributed by atoms with Gasteiger partial charge in [0.25, 0.3) is 0 Å². The summed E-state index contributed by atoms with van der Waals surface area (Å²) in [6.07, 6.45) is 3.78. The minimum atomic E-state index is 0.169. The number of hydrogen-bond acceptors (Lipinski definition) is 5. The van der Waals surface area contributed by atoms with E-state index in [0.29, 0.717) is 25.3 Å². The van der Waals surface area contributed by atoms with Gasteiger partial charge in [-0.05, 0) is 37.0 Å². The van der Waals surface area contributed by atoms with Gasteiger partial charge in [-0.3, -0.25) is 0 Å². The molecule has 22 heavy (non-hydrogen) atoms. The molecule has 1 aliphatic heterocycles. The Kier molecular flexibility index (Phi) is 3.46. The van der Waals surface area contributed by atoms with Crippen LogP contribution in [0.1, 0.15) is 42.4 Å². The molecule has 1 aliphatic carbocycles. The van der Waals surface area contributed by atoms with Crippen LogP contribution in [0.4, 0.5) is 0 Å². The van der Waals surface area contributed by atoms with E-state index in [1.807, 2.05) is 22.9 Å². The van der Waals surface area contributed by atoms with Crippen molar-refractivity contribution >= 4 is 0 Å². The molecule has 1 aromatic heterocycles. The summed E-state index contributed by atoms with van der Waals surface area (Å²) in [4.78, 5) is 4.71. The molecule has 2 aliphatic rings. The molecule has 0 amide bonds. The summed E-state index contributed by atoms with van der Waals surface area (Å²) in [5.74, 6) is 4.03. The highest BCUT2D eigenvalue weighted by molar-refractivity contribution is 5.45. The van der Waals surface area contributed by atoms with Gasteiger partial charge in [0.05, 0.1) is 0 Å². The van der Waals surface area contributed by atoms with Crippen LogP contribution in [0.15, 0.2) is 18.2 Å². The number of aryl methyl sites for hydroxylation is 1. The number of hydrogen-bond donors (Lipinski definition) is 1. The number of ether oxygens (including phenoxy) is 2. The van der Waals surface area contributed by atoms with Crippen molar-refractivity contribution in [3.8, 4) is 11.5 Å². The van der Waals surface area contributed by atoms with Crippen LogP contribution in [0.5, 0.6) is 11.5 Å². The van der Waals surface area contributed by atoms with Gasteiger partial charge in [-0.1, -0.05) is 6.07 Å². The summed E-state index contributed by atoms with van der Waals surface area (Å²) < 4.78 is 12.7. The first-order valence-electron chi connectivity index (χ1n) is 7.76. The number of benzene rings is 1. The highest BCUT2D eigenvalue weighted by Gasteiger charge is 2.29. The lowest BCUT2D eigenvalue weighted by molar-refractivity contribution is 0.174. The predicted octanol–water partition coefficient (Wildman–Crippen LogP) is 1.86. The first-order chi connectivity index (χ1) is 10.8. The fourth-order valence-electron chi connectivity index (χ4n) is 2.67. The number of aliphatic hydroxyl groups excluding tert-OH is 1. The van der Waals surface area contributed by atoms with Gasteiger partial charge in [0.2, 0.25) is 6.79 Å². The highest BCUT2D eigenvalue weighted by atomic mass is 16.7. The molecule has 2 heterocycles. The Morgan fingerprint density at radius 3 is 2.91 bits per heavy atom. The third kappa shape index (κ3) is 2.66. The van der Waals surface area contributed by atoms with Crippen molar-refractivity contribution in [2.45, 2.75) is 38.1 Å². The first kappa shape index (κ1) is 13.6. The molecule has 0 atom stereocenters. The van der Waals surface area contributed by atoms with E-state index in [0.717, 1.165) is 28.7 Å². The Bertz CT molecular complexity index is 679. The maximum Gasteiger partial charge on any atom is 0.231 e. The topological polar surface area (TPSA) is 69.4 Å². The highest BCUT2D eigenvalue weighted by Crippen LogP contribution is 2.38. The minimum absolute atomic E-state index is 0.169. The minimum Gasteiger partial charge on any atom is -0.454 e. The van der Waals surface area contributed by atoms with Gasteiger partial charge >= 0.3 is 0 Å². The van der Waals surface area contributed by atoms with Crippen molar-refractivity contribution in [3.63, 3.8) is 0 Å². The molecule has 0 unspecified atom stereocenters. The summed E-state index contributed by atoms with van der Waals surface area (Å²) in [6, 6.07) is 5.98. The molecule has 0 saturated heterocycles. The maximum absolute atomic E-state index is 9.05. The number of aromatic nitrogens is 3. The number of fused-ring (bicyclic) bond motifs is 1. The van der Waals surface area contributed by atoms with Crippen molar-refractivity contribution in [3.05, 3.63) is 35.4 Å². The lowest BCUT2D eigenvalue weighted by Gasteiger charge is -2.05. The molecule has 1 saturated carbocycles. The Balaban J connectivity index is 1.58. The Labute approximate surface area is 128 Å². The van der Waals surface area contributed by atoms with Crippen LogP contribution >= 0.6 is 0 Å². The zero-order valence-corrected chi connectivity index (χ0v) is 12.4. The van der Waals surface area contributed by atoms with Gasteiger partial charge in [0.15, 0.2) is 17.3 Å². The largest absolute Gasteiger partial charge is 0.454 e. The molecule has 1 aromatic carbocycles. The number of nitrogens with zero attached hydrogens (tertiary/aromatic N) is 3. The second-order valence-electron chi connectivity index (χ2n) is 5.83. The van der Waals surface area contributed by atoms with Gasteiger partial charge in [0.1, 0.15) is 5.82 Å². The Morgan fingerprint density at radius 1 is 1.23 bits per heavy atom. The predicted molar refractivity (Wildman–Crippen MR) is 79.1 cm³/mol. The SMILES string of the molecule is OCCCn1nc(C2CC2)nc1Cc1ccc2c(c1)OCO2. The van der Waals surface area contributed by atoms with E-state index in [1.54, 1.807) is 0 Å². The first-order valence-corrected chi connectivity index (χ1v) is 7.76. The van der Waals surface area contributed by atoms with Crippen LogP contribution in [0.3, 0.4) is 0 Å². The van der Waals surface area contributed by atoms with Gasteiger partial charge in [0, 0.05) is 25.5 Å². The van der Waals surface area contributed by atoms with E-state index in [9.17, 15) is 0 Å². The molecule has 1 fully saturated rings. The lowest BCUT2D eigenvalue weighted by atomic mass is 10.1. The van der Waals surface area contributed by atoms with Crippen molar-refractivity contribution < 1.29 is 14.6 Å². The fourth-order valence-corrected chi connectivity index (χ4v) is 2.67. The number of aliphatic hydroxyl groups is 1. The summed E-state index contributed by atoms with van der Waals surface area (Å²) in [5, 5.41) is 13.7. The molecule has 2 aromatic rings. The summed E-state index contributed by atoms with van der Waals surface area (Å²) in [6.45, 7) is 1.16. The van der Waals surface area contributed by atoms with Gasteiger partial charge in [-0.25, -0.2) is 9.67 Å². The van der Waals surface area contributed by atoms with Crippen LogP contribution in [0.2, 0.25) is 0 Å². The zero-order valence-electron chi connectivity index (χ0n) is 12.4. The van der Waals surface area contributed by atoms with E-state index < -0.39 is 0 Å². The summed E-state index contributed by atoms with van der Waals surface area (Å²) in [7, 11) is 0. The zero-order chi connectivity index (χ0) is 14.9. The molecule has 1 N–H and O–H groups in total. The average Bonchev–Trinajstić information content (AvgIpc) is 3.15. The van der Waals surface area contributed by atoms with Gasteiger partial charge in [-0.2, -0.15) is 5.10 Å². The molecular formula is C16H19N3O3. The molecular weight excluding hydrogens is 282 g/mol. The molecule has 0 radical (unpaired) electrons. The molecule has 4 rings (SSSR count). The third-order valence-electron chi connectivity index (χ3n) is 4.03. The Hall–Kier alpha value is -2.08. The molecule has 6 nitrogen and oxygen atoms in total. The van der Waals surface area contributed by atoms with Crippen molar-refractivity contribution in [2.24, 2.45) is 0 Å². The van der Waals surface area contributed by atoms with E-state index in [2.05, 4.69) is 5.10 Å². The van der Waals surface area contributed by atoms with Gasteiger partial charge in [-0.15, -0.1) is 0 Å². The quantitative estimate of drug-likeness (QED) is 0.882. The molecule has 6 heteroatoms. The maximum atomic E-state index is 9.05. The van der Waals surface area contributed by atoms with Crippen LogP contribution in [-0.2, 0) is 13.0 Å². The van der Waals surface area contributed by atoms with Crippen LogP contribution in [0.25, 0.3) is 0 Å². The average molecular weight is 301 g/mol. The summed E-state index contributed by atoms with van der Waals surface area (Å²) >= 11 is 0.